The second kappa shape index (κ2) is 8.52. The Morgan fingerprint density at radius 1 is 1.19 bits per heavy atom. The summed E-state index contributed by atoms with van der Waals surface area (Å²) in [7, 11) is -3.71. The van der Waals surface area contributed by atoms with Crippen LogP contribution in [0.3, 0.4) is 0 Å². The van der Waals surface area contributed by atoms with Gasteiger partial charge in [0.2, 0.25) is 0 Å². The van der Waals surface area contributed by atoms with Crippen LogP contribution in [0.25, 0.3) is 0 Å². The molecule has 0 aliphatic carbocycles. The number of hydroxylamine groups is 2. The fourth-order valence-corrected chi connectivity index (χ4v) is 3.31. The molecule has 5 nitrogen and oxygen atoms in total. The van der Waals surface area contributed by atoms with Crippen molar-refractivity contribution in [2.45, 2.75) is 24.8 Å². The Bertz CT molecular complexity index is 947. The molecular weight excluding hydrogens is 392 g/mol. The van der Waals surface area contributed by atoms with Crippen LogP contribution in [0.4, 0.5) is 5.69 Å². The number of sulfonamides is 1. The van der Waals surface area contributed by atoms with Gasteiger partial charge in [-0.05, 0) is 62.4 Å². The molecule has 2 aromatic rings. The molecule has 0 aromatic heterocycles. The Morgan fingerprint density at radius 2 is 1.77 bits per heavy atom. The molecular formula is C18H17ClN2O3S2. The average Bonchev–Trinajstić information content (AvgIpc) is 2.61. The van der Waals surface area contributed by atoms with E-state index >= 15 is 0 Å². The van der Waals surface area contributed by atoms with E-state index in [-0.39, 0.29) is 4.90 Å². The molecule has 0 fully saturated rings. The highest BCUT2D eigenvalue weighted by Crippen LogP contribution is 2.18. The number of rotatable bonds is 4. The highest BCUT2D eigenvalue weighted by atomic mass is 35.5. The number of anilines is 1. The lowest BCUT2D eigenvalue weighted by Crippen LogP contribution is -2.31. The summed E-state index contributed by atoms with van der Waals surface area (Å²) in [5.41, 5.74) is 1.04. The Morgan fingerprint density at radius 3 is 2.31 bits per heavy atom. The largest absolute Gasteiger partial charge is 0.287 e. The van der Waals surface area contributed by atoms with Gasteiger partial charge in [0.15, 0.2) is 0 Å². The molecule has 136 valence electrons. The first-order valence-corrected chi connectivity index (χ1v) is 9.84. The third-order valence-corrected chi connectivity index (χ3v) is 5.21. The van der Waals surface area contributed by atoms with Crippen molar-refractivity contribution in [3.8, 4) is 11.8 Å². The molecule has 0 saturated heterocycles. The lowest BCUT2D eigenvalue weighted by Gasteiger charge is -2.17. The van der Waals surface area contributed by atoms with E-state index in [2.05, 4.69) is 16.6 Å². The predicted octanol–water partition coefficient (Wildman–Crippen LogP) is 3.92. The number of halogens is 1. The van der Waals surface area contributed by atoms with Gasteiger partial charge in [0.25, 0.3) is 10.0 Å². The fraction of sp³-hybridized carbons (Fsp3) is 0.167. The molecule has 0 heterocycles. The Balaban J connectivity index is 2.13. The van der Waals surface area contributed by atoms with Crippen LogP contribution < -0.4 is 4.72 Å². The van der Waals surface area contributed by atoms with E-state index in [9.17, 15) is 13.6 Å². The number of nitrogens with zero attached hydrogens (tertiary/aromatic N) is 1. The zero-order chi connectivity index (χ0) is 19.3. The van der Waals surface area contributed by atoms with E-state index in [0.29, 0.717) is 21.3 Å². The highest BCUT2D eigenvalue weighted by Gasteiger charge is 2.14. The summed E-state index contributed by atoms with van der Waals surface area (Å²) in [4.78, 5) is 0.436. The topological polar surface area (TPSA) is 69.6 Å². The van der Waals surface area contributed by atoms with E-state index in [1.165, 1.54) is 12.1 Å². The molecule has 2 aromatic carbocycles. The second-order valence-corrected chi connectivity index (χ2v) is 8.16. The third-order valence-electron chi connectivity index (χ3n) is 3.38. The number of benzene rings is 2. The molecule has 0 spiro atoms. The minimum Gasteiger partial charge on any atom is -0.287 e. The number of thiocarbonyl (C=S) groups is 1. The molecule has 0 radical (unpaired) electrons. The summed E-state index contributed by atoms with van der Waals surface area (Å²) in [6.07, 6.45) is 0. The first-order valence-electron chi connectivity index (χ1n) is 7.58. The SMILES string of the molecule is CC(=S)N(O)C(C)C#Cc1ccc(S(=O)(=O)Nc2ccc(Cl)cc2)cc1. The summed E-state index contributed by atoms with van der Waals surface area (Å²) in [6, 6.07) is 12.0. The van der Waals surface area contributed by atoms with Gasteiger partial charge in [-0.2, -0.15) is 0 Å². The number of nitrogens with one attached hydrogen (secondary N) is 1. The fourth-order valence-electron chi connectivity index (χ4n) is 1.97. The molecule has 0 saturated carbocycles. The van der Waals surface area contributed by atoms with Gasteiger partial charge in [-0.3, -0.25) is 9.93 Å². The first kappa shape index (κ1) is 20.2. The van der Waals surface area contributed by atoms with Crippen molar-refractivity contribution < 1.29 is 13.6 Å². The van der Waals surface area contributed by atoms with Crippen LogP contribution in [-0.4, -0.2) is 29.7 Å². The van der Waals surface area contributed by atoms with Crippen LogP contribution in [0.1, 0.15) is 19.4 Å². The van der Waals surface area contributed by atoms with Crippen LogP contribution in [0.2, 0.25) is 5.02 Å². The zero-order valence-electron chi connectivity index (χ0n) is 14.1. The molecule has 1 unspecified atom stereocenters. The molecule has 1 atom stereocenters. The maximum Gasteiger partial charge on any atom is 0.261 e. The minimum atomic E-state index is -3.71. The van der Waals surface area contributed by atoms with Gasteiger partial charge in [0.05, 0.1) is 4.90 Å². The normalized spacial score (nSPS) is 11.8. The van der Waals surface area contributed by atoms with E-state index in [4.69, 9.17) is 23.8 Å². The molecule has 26 heavy (non-hydrogen) atoms. The van der Waals surface area contributed by atoms with Crippen LogP contribution in [-0.2, 0) is 10.0 Å². The van der Waals surface area contributed by atoms with Gasteiger partial charge in [0.1, 0.15) is 11.0 Å². The van der Waals surface area contributed by atoms with Crippen LogP contribution in [0, 0.1) is 11.8 Å². The van der Waals surface area contributed by atoms with Crippen molar-refractivity contribution in [3.05, 3.63) is 59.1 Å². The van der Waals surface area contributed by atoms with Gasteiger partial charge >= 0.3 is 0 Å². The second-order valence-electron chi connectivity index (χ2n) is 5.45. The molecule has 0 amide bonds. The van der Waals surface area contributed by atoms with Crippen molar-refractivity contribution in [3.63, 3.8) is 0 Å². The molecule has 0 aliphatic heterocycles. The van der Waals surface area contributed by atoms with Crippen LogP contribution >= 0.6 is 23.8 Å². The smallest absolute Gasteiger partial charge is 0.261 e. The zero-order valence-corrected chi connectivity index (χ0v) is 16.5. The maximum atomic E-state index is 12.4. The first-order chi connectivity index (χ1) is 12.2. The molecule has 8 heteroatoms. The third kappa shape index (κ3) is 5.44. The van der Waals surface area contributed by atoms with E-state index in [0.717, 1.165) is 5.06 Å². The summed E-state index contributed by atoms with van der Waals surface area (Å²) < 4.78 is 27.3. The summed E-state index contributed by atoms with van der Waals surface area (Å²) in [6.45, 7) is 3.30. The summed E-state index contributed by atoms with van der Waals surface area (Å²) in [5, 5.41) is 11.1. The van der Waals surface area contributed by atoms with Crippen molar-refractivity contribution in [1.29, 1.82) is 0 Å². The summed E-state index contributed by atoms with van der Waals surface area (Å²) in [5.74, 6) is 5.72. The van der Waals surface area contributed by atoms with Gasteiger partial charge < -0.3 is 0 Å². The minimum absolute atomic E-state index is 0.115. The van der Waals surface area contributed by atoms with Crippen LogP contribution in [0.5, 0.6) is 0 Å². The summed E-state index contributed by atoms with van der Waals surface area (Å²) >= 11 is 10.7. The molecule has 2 rings (SSSR count). The highest BCUT2D eigenvalue weighted by molar-refractivity contribution is 7.92. The Labute approximate surface area is 163 Å². The predicted molar refractivity (Wildman–Crippen MR) is 107 cm³/mol. The van der Waals surface area contributed by atoms with Gasteiger partial charge in [-0.25, -0.2) is 13.5 Å². The quantitative estimate of drug-likeness (QED) is 0.456. The van der Waals surface area contributed by atoms with E-state index < -0.39 is 16.1 Å². The van der Waals surface area contributed by atoms with Crippen LogP contribution in [0.15, 0.2) is 53.4 Å². The van der Waals surface area contributed by atoms with Gasteiger partial charge in [-0.1, -0.05) is 35.7 Å². The van der Waals surface area contributed by atoms with E-state index in [1.54, 1.807) is 50.2 Å². The van der Waals surface area contributed by atoms with Crippen molar-refractivity contribution in [1.82, 2.24) is 5.06 Å². The Kier molecular flexibility index (Phi) is 6.62. The van der Waals surface area contributed by atoms with Gasteiger partial charge in [0, 0.05) is 16.3 Å². The monoisotopic (exact) mass is 408 g/mol. The maximum absolute atomic E-state index is 12.4. The molecule has 2 N–H and O–H groups in total. The average molecular weight is 409 g/mol. The lowest BCUT2D eigenvalue weighted by atomic mass is 10.2. The van der Waals surface area contributed by atoms with Crippen molar-refractivity contribution in [2.75, 3.05) is 4.72 Å². The van der Waals surface area contributed by atoms with Crippen molar-refractivity contribution in [2.24, 2.45) is 0 Å². The Hall–Kier alpha value is -2.11. The lowest BCUT2D eigenvalue weighted by molar-refractivity contribution is -0.0279. The van der Waals surface area contributed by atoms with E-state index in [1.807, 2.05) is 0 Å². The number of hydrogen-bond acceptors (Lipinski definition) is 4. The number of hydrogen-bond donors (Lipinski definition) is 2. The van der Waals surface area contributed by atoms with Crippen molar-refractivity contribution >= 4 is 44.5 Å². The standard InChI is InChI=1S/C18H17ClN2O3S2/c1-13(21(22)14(2)25)3-4-15-5-11-18(12-6-15)26(23,24)20-17-9-7-16(19)8-10-17/h5-13,20,22H,1-2H3. The van der Waals surface area contributed by atoms with Gasteiger partial charge in [-0.15, -0.1) is 0 Å². The molecule has 0 aliphatic rings. The molecule has 0 bridgehead atoms.